The highest BCUT2D eigenvalue weighted by Gasteiger charge is 2.37. The second kappa shape index (κ2) is 4.69. The van der Waals surface area contributed by atoms with Gasteiger partial charge in [-0.05, 0) is 36.3 Å². The van der Waals surface area contributed by atoms with Crippen molar-refractivity contribution in [1.82, 2.24) is 0 Å². The average Bonchev–Trinajstić information content (AvgIpc) is 2.67. The third kappa shape index (κ3) is 2.85. The van der Waals surface area contributed by atoms with Crippen LogP contribution < -0.4 is 0 Å². The molecule has 0 bridgehead atoms. The first-order chi connectivity index (χ1) is 8.71. The van der Waals surface area contributed by atoms with Crippen LogP contribution in [0.15, 0.2) is 28.9 Å². The molecule has 3 nitrogen and oxygen atoms in total. The maximum absolute atomic E-state index is 9.56. The number of benzene rings is 1. The van der Waals surface area contributed by atoms with Gasteiger partial charge in [-0.25, -0.2) is 0 Å². The van der Waals surface area contributed by atoms with Gasteiger partial charge in [0, 0.05) is 10.9 Å². The molecule has 0 fully saturated rings. The first kappa shape index (κ1) is 14.2. The van der Waals surface area contributed by atoms with Gasteiger partial charge >= 0.3 is 0 Å². The first-order valence-electron chi connectivity index (χ1n) is 6.54. The van der Waals surface area contributed by atoms with E-state index < -0.39 is 8.32 Å². The van der Waals surface area contributed by atoms with Gasteiger partial charge in [0.25, 0.3) is 0 Å². The van der Waals surface area contributed by atoms with Crippen LogP contribution in [0, 0.1) is 0 Å². The third-order valence-corrected chi connectivity index (χ3v) is 8.51. The van der Waals surface area contributed by atoms with E-state index in [1.165, 1.54) is 0 Å². The van der Waals surface area contributed by atoms with Crippen LogP contribution in [0.25, 0.3) is 11.0 Å². The lowest BCUT2D eigenvalue weighted by atomic mass is 10.2. The second-order valence-corrected chi connectivity index (χ2v) is 11.3. The average molecular weight is 278 g/mol. The van der Waals surface area contributed by atoms with Gasteiger partial charge in [0.1, 0.15) is 11.3 Å². The highest BCUT2D eigenvalue weighted by Crippen LogP contribution is 2.37. The summed E-state index contributed by atoms with van der Waals surface area (Å²) < 4.78 is 11.7. The molecule has 2 rings (SSSR count). The molecule has 0 amide bonds. The van der Waals surface area contributed by atoms with Crippen LogP contribution in [0.4, 0.5) is 0 Å². The molecule has 0 aliphatic carbocycles. The minimum Gasteiger partial charge on any atom is -0.508 e. The Hall–Kier alpha value is -1.26. The van der Waals surface area contributed by atoms with E-state index >= 15 is 0 Å². The van der Waals surface area contributed by atoms with E-state index in [1.807, 2.05) is 0 Å². The molecule has 0 spiro atoms. The molecule has 104 valence electrons. The zero-order chi connectivity index (χ0) is 14.3. The normalized spacial score (nSPS) is 13.1. The lowest BCUT2D eigenvalue weighted by Crippen LogP contribution is -2.40. The van der Waals surface area contributed by atoms with Gasteiger partial charge in [-0.1, -0.05) is 20.8 Å². The van der Waals surface area contributed by atoms with E-state index in [-0.39, 0.29) is 10.8 Å². The van der Waals surface area contributed by atoms with Crippen LogP contribution in [0.5, 0.6) is 5.75 Å². The Bertz CT molecular complexity index is 579. The Morgan fingerprint density at radius 2 is 1.95 bits per heavy atom. The number of phenols is 1. The fourth-order valence-electron chi connectivity index (χ4n) is 1.66. The largest absolute Gasteiger partial charge is 0.508 e. The summed E-state index contributed by atoms with van der Waals surface area (Å²) in [6, 6.07) is 5.13. The van der Waals surface area contributed by atoms with E-state index in [0.29, 0.717) is 6.61 Å². The minimum absolute atomic E-state index is 0.189. The number of rotatable bonds is 3. The molecule has 1 heterocycles. The Labute approximate surface area is 115 Å². The minimum atomic E-state index is -1.77. The van der Waals surface area contributed by atoms with Gasteiger partial charge in [0.05, 0.1) is 12.9 Å². The predicted molar refractivity (Wildman–Crippen MR) is 79.9 cm³/mol. The SMILES string of the molecule is CC(C)(C)[Si](C)(C)OCc1coc2ccc(O)cc12. The highest BCUT2D eigenvalue weighted by molar-refractivity contribution is 6.74. The molecule has 1 aromatic heterocycles. The third-order valence-electron chi connectivity index (χ3n) is 4.03. The number of fused-ring (bicyclic) bond motifs is 1. The number of aromatic hydroxyl groups is 1. The van der Waals surface area contributed by atoms with Crippen molar-refractivity contribution in [2.75, 3.05) is 0 Å². The van der Waals surface area contributed by atoms with Crippen LogP contribution in [0.3, 0.4) is 0 Å². The van der Waals surface area contributed by atoms with Crippen molar-refractivity contribution in [2.24, 2.45) is 0 Å². The van der Waals surface area contributed by atoms with Crippen molar-refractivity contribution in [3.8, 4) is 5.75 Å². The zero-order valence-corrected chi connectivity index (χ0v) is 13.3. The molecule has 19 heavy (non-hydrogen) atoms. The fraction of sp³-hybridized carbons (Fsp3) is 0.467. The summed E-state index contributed by atoms with van der Waals surface area (Å²) in [7, 11) is -1.77. The molecular weight excluding hydrogens is 256 g/mol. The Morgan fingerprint density at radius 1 is 1.26 bits per heavy atom. The summed E-state index contributed by atoms with van der Waals surface area (Å²) in [6.07, 6.45) is 1.72. The molecule has 0 aliphatic rings. The highest BCUT2D eigenvalue weighted by atomic mass is 28.4. The van der Waals surface area contributed by atoms with E-state index in [9.17, 15) is 5.11 Å². The van der Waals surface area contributed by atoms with Gasteiger partial charge in [0.15, 0.2) is 8.32 Å². The van der Waals surface area contributed by atoms with E-state index in [2.05, 4.69) is 33.9 Å². The van der Waals surface area contributed by atoms with Crippen LogP contribution in [-0.2, 0) is 11.0 Å². The maximum Gasteiger partial charge on any atom is 0.192 e. The van der Waals surface area contributed by atoms with Crippen molar-refractivity contribution in [3.63, 3.8) is 0 Å². The van der Waals surface area contributed by atoms with Crippen LogP contribution in [-0.4, -0.2) is 13.4 Å². The number of hydrogen-bond donors (Lipinski definition) is 1. The van der Waals surface area contributed by atoms with E-state index in [0.717, 1.165) is 16.5 Å². The van der Waals surface area contributed by atoms with Crippen LogP contribution in [0.1, 0.15) is 26.3 Å². The van der Waals surface area contributed by atoms with Crippen LogP contribution in [0.2, 0.25) is 18.1 Å². The smallest absolute Gasteiger partial charge is 0.192 e. The molecule has 4 heteroatoms. The van der Waals surface area contributed by atoms with E-state index in [1.54, 1.807) is 24.5 Å². The van der Waals surface area contributed by atoms with E-state index in [4.69, 9.17) is 8.84 Å². The maximum atomic E-state index is 9.56. The lowest BCUT2D eigenvalue weighted by molar-refractivity contribution is 0.276. The Kier molecular flexibility index (Phi) is 3.49. The molecule has 0 saturated heterocycles. The molecule has 0 unspecified atom stereocenters. The molecule has 0 aliphatic heterocycles. The van der Waals surface area contributed by atoms with Gasteiger partial charge in [-0.3, -0.25) is 0 Å². The van der Waals surface area contributed by atoms with Crippen molar-refractivity contribution in [3.05, 3.63) is 30.0 Å². The molecule has 1 N–H and O–H groups in total. The van der Waals surface area contributed by atoms with Gasteiger partial charge in [-0.2, -0.15) is 0 Å². The van der Waals surface area contributed by atoms with Gasteiger partial charge in [-0.15, -0.1) is 0 Å². The number of furan rings is 1. The lowest BCUT2D eigenvalue weighted by Gasteiger charge is -2.36. The molecule has 1 aromatic carbocycles. The molecule has 0 saturated carbocycles. The van der Waals surface area contributed by atoms with Crippen LogP contribution >= 0.6 is 0 Å². The summed E-state index contributed by atoms with van der Waals surface area (Å²) in [5.74, 6) is 0.252. The van der Waals surface area contributed by atoms with Gasteiger partial charge < -0.3 is 13.9 Å². The van der Waals surface area contributed by atoms with Crippen molar-refractivity contribution in [2.45, 2.75) is 45.5 Å². The molecular formula is C15H22O3Si. The molecule has 0 radical (unpaired) electrons. The summed E-state index contributed by atoms with van der Waals surface area (Å²) in [6.45, 7) is 11.7. The fourth-order valence-corrected chi connectivity index (χ4v) is 2.61. The van der Waals surface area contributed by atoms with Crippen molar-refractivity contribution >= 4 is 19.3 Å². The summed E-state index contributed by atoms with van der Waals surface area (Å²) in [5, 5.41) is 10.7. The van der Waals surface area contributed by atoms with Crippen molar-refractivity contribution < 1.29 is 13.9 Å². The standard InChI is InChI=1S/C15H22O3Si/c1-15(2,3)19(4,5)18-10-11-9-17-14-7-6-12(16)8-13(11)14/h6-9,16H,10H2,1-5H3. The monoisotopic (exact) mass is 278 g/mol. The summed E-state index contributed by atoms with van der Waals surface area (Å²) in [4.78, 5) is 0. The summed E-state index contributed by atoms with van der Waals surface area (Å²) >= 11 is 0. The molecule has 2 aromatic rings. The zero-order valence-electron chi connectivity index (χ0n) is 12.3. The Balaban J connectivity index is 2.21. The predicted octanol–water partition coefficient (Wildman–Crippen LogP) is 4.66. The number of phenolic OH excluding ortho intramolecular Hbond substituents is 1. The quantitative estimate of drug-likeness (QED) is 0.830. The van der Waals surface area contributed by atoms with Gasteiger partial charge in [0.2, 0.25) is 0 Å². The Morgan fingerprint density at radius 3 is 2.58 bits per heavy atom. The number of hydrogen-bond acceptors (Lipinski definition) is 3. The van der Waals surface area contributed by atoms with Crippen molar-refractivity contribution in [1.29, 1.82) is 0 Å². The second-order valence-electron chi connectivity index (χ2n) is 6.49. The summed E-state index contributed by atoms with van der Waals surface area (Å²) in [5.41, 5.74) is 1.78. The first-order valence-corrected chi connectivity index (χ1v) is 9.44. The molecule has 0 atom stereocenters. The topological polar surface area (TPSA) is 42.6 Å².